The van der Waals surface area contributed by atoms with Gasteiger partial charge in [-0.3, -0.25) is 4.79 Å². The first kappa shape index (κ1) is 13.4. The van der Waals surface area contributed by atoms with E-state index in [1.807, 2.05) is 17.7 Å². The van der Waals surface area contributed by atoms with Crippen molar-refractivity contribution >= 4 is 27.8 Å². The van der Waals surface area contributed by atoms with Crippen molar-refractivity contribution in [3.63, 3.8) is 0 Å². The van der Waals surface area contributed by atoms with Gasteiger partial charge in [0.05, 0.1) is 16.7 Å². The zero-order valence-corrected chi connectivity index (χ0v) is 12.2. The summed E-state index contributed by atoms with van der Waals surface area (Å²) in [5.41, 5.74) is 7.49. The Hall–Kier alpha value is -3.22. The lowest BCUT2D eigenvalue weighted by Crippen LogP contribution is -2.11. The van der Waals surface area contributed by atoms with Crippen molar-refractivity contribution in [3.8, 4) is 11.3 Å². The second kappa shape index (κ2) is 4.64. The van der Waals surface area contributed by atoms with Gasteiger partial charge in [0.2, 0.25) is 0 Å². The Morgan fingerprint density at radius 3 is 3.00 bits per heavy atom. The molecule has 4 rings (SSSR count). The molecule has 0 bridgehead atoms. The van der Waals surface area contributed by atoms with Crippen LogP contribution in [0.5, 0.6) is 0 Å². The van der Waals surface area contributed by atoms with Crippen LogP contribution in [0, 0.1) is 5.82 Å². The van der Waals surface area contributed by atoms with E-state index in [1.165, 1.54) is 12.1 Å². The number of hydrogen-bond acceptors (Lipinski definition) is 4. The van der Waals surface area contributed by atoms with Crippen molar-refractivity contribution in [1.29, 1.82) is 0 Å². The van der Waals surface area contributed by atoms with Crippen molar-refractivity contribution in [3.05, 3.63) is 52.8 Å². The van der Waals surface area contributed by atoms with Crippen molar-refractivity contribution < 1.29 is 4.39 Å². The van der Waals surface area contributed by atoms with Gasteiger partial charge in [0.25, 0.3) is 5.56 Å². The number of nitrogens with one attached hydrogen (secondary N) is 1. The molecule has 114 valence electrons. The van der Waals surface area contributed by atoms with Crippen LogP contribution in [0.1, 0.15) is 0 Å². The average Bonchev–Trinajstić information content (AvgIpc) is 2.86. The largest absolute Gasteiger partial charge is 0.396 e. The van der Waals surface area contributed by atoms with Gasteiger partial charge in [0, 0.05) is 36.5 Å². The summed E-state index contributed by atoms with van der Waals surface area (Å²) < 4.78 is 15.5. The topological polar surface area (TPSA) is 89.6 Å². The summed E-state index contributed by atoms with van der Waals surface area (Å²) in [4.78, 5) is 23.7. The zero-order valence-electron chi connectivity index (χ0n) is 12.2. The number of aromatic amines is 1. The number of nitrogens with two attached hydrogens (primary N) is 1. The lowest BCUT2D eigenvalue weighted by Gasteiger charge is -2.03. The molecule has 0 saturated heterocycles. The van der Waals surface area contributed by atoms with Crippen LogP contribution < -0.4 is 11.3 Å². The summed E-state index contributed by atoms with van der Waals surface area (Å²) in [5, 5.41) is 0.809. The second-order valence-electron chi connectivity index (χ2n) is 5.33. The zero-order chi connectivity index (χ0) is 16.1. The van der Waals surface area contributed by atoms with Crippen molar-refractivity contribution in [2.75, 3.05) is 5.73 Å². The number of nitrogen functional groups attached to an aromatic ring is 1. The van der Waals surface area contributed by atoms with Crippen LogP contribution >= 0.6 is 0 Å². The molecule has 6 nitrogen and oxygen atoms in total. The maximum atomic E-state index is 13.7. The Balaban J connectivity index is 2.06. The van der Waals surface area contributed by atoms with Crippen LogP contribution in [0.2, 0.25) is 0 Å². The number of rotatable bonds is 1. The van der Waals surface area contributed by atoms with E-state index < -0.39 is 5.82 Å². The van der Waals surface area contributed by atoms with E-state index in [1.54, 1.807) is 18.5 Å². The van der Waals surface area contributed by atoms with Gasteiger partial charge >= 0.3 is 0 Å². The highest BCUT2D eigenvalue weighted by Gasteiger charge is 2.15. The van der Waals surface area contributed by atoms with Gasteiger partial charge in [-0.1, -0.05) is 0 Å². The molecule has 0 radical (unpaired) electrons. The first-order valence-electron chi connectivity index (χ1n) is 6.94. The molecule has 0 amide bonds. The van der Waals surface area contributed by atoms with Gasteiger partial charge in [-0.2, -0.15) is 0 Å². The molecule has 0 aliphatic carbocycles. The van der Waals surface area contributed by atoms with Crippen LogP contribution in [-0.4, -0.2) is 19.5 Å². The Labute approximate surface area is 129 Å². The summed E-state index contributed by atoms with van der Waals surface area (Å²) >= 11 is 0. The number of fused-ring (bicyclic) bond motifs is 2. The van der Waals surface area contributed by atoms with Gasteiger partial charge in [-0.05, 0) is 18.2 Å². The van der Waals surface area contributed by atoms with Gasteiger partial charge < -0.3 is 15.3 Å². The fraction of sp³-hybridized carbons (Fsp3) is 0.0625. The van der Waals surface area contributed by atoms with Gasteiger partial charge in [0.15, 0.2) is 0 Å². The molecule has 23 heavy (non-hydrogen) atoms. The number of aromatic nitrogens is 4. The van der Waals surface area contributed by atoms with E-state index in [0.717, 1.165) is 11.0 Å². The minimum atomic E-state index is -0.567. The Morgan fingerprint density at radius 2 is 2.17 bits per heavy atom. The van der Waals surface area contributed by atoms with Crippen molar-refractivity contribution in [2.45, 2.75) is 0 Å². The van der Waals surface area contributed by atoms with Gasteiger partial charge in [0.1, 0.15) is 17.2 Å². The van der Waals surface area contributed by atoms with Crippen LogP contribution in [0.15, 0.2) is 41.5 Å². The number of benzene rings is 1. The number of halogens is 1. The molecule has 0 aliphatic rings. The lowest BCUT2D eigenvalue weighted by molar-refractivity contribution is 0.634. The Bertz CT molecular complexity index is 1130. The third-order valence-electron chi connectivity index (χ3n) is 3.80. The monoisotopic (exact) mass is 309 g/mol. The average molecular weight is 309 g/mol. The molecule has 1 aromatic carbocycles. The van der Waals surface area contributed by atoms with E-state index in [4.69, 9.17) is 5.73 Å². The number of aryl methyl sites for hydroxylation is 1. The third kappa shape index (κ3) is 1.97. The molecular weight excluding hydrogens is 297 g/mol. The van der Waals surface area contributed by atoms with Gasteiger partial charge in [-0.15, -0.1) is 0 Å². The smallest absolute Gasteiger partial charge is 0.275 e. The number of hydrogen-bond donors (Lipinski definition) is 2. The van der Waals surface area contributed by atoms with E-state index in [9.17, 15) is 9.18 Å². The first-order chi connectivity index (χ1) is 11.0. The van der Waals surface area contributed by atoms with Crippen LogP contribution in [0.4, 0.5) is 10.1 Å². The Kier molecular flexibility index (Phi) is 2.71. The maximum Gasteiger partial charge on any atom is 0.275 e. The SMILES string of the molecule is Cn1cc(-c2nc3cc(F)c(N)cc3[nH]c2=O)c2cccnc21. The van der Waals surface area contributed by atoms with E-state index >= 15 is 0 Å². The Morgan fingerprint density at radius 1 is 1.35 bits per heavy atom. The van der Waals surface area contributed by atoms with Crippen molar-refractivity contribution in [2.24, 2.45) is 7.05 Å². The number of pyridine rings is 1. The van der Waals surface area contributed by atoms with E-state index in [2.05, 4.69) is 15.0 Å². The second-order valence-corrected chi connectivity index (χ2v) is 5.33. The van der Waals surface area contributed by atoms with Crippen LogP contribution in [-0.2, 0) is 7.05 Å². The van der Waals surface area contributed by atoms with Crippen LogP contribution in [0.25, 0.3) is 33.3 Å². The maximum absolute atomic E-state index is 13.7. The molecule has 3 N–H and O–H groups in total. The predicted octanol–water partition coefficient (Wildman–Crippen LogP) is 2.20. The normalized spacial score (nSPS) is 11.4. The molecule has 0 saturated carbocycles. The molecule has 3 aromatic heterocycles. The van der Waals surface area contributed by atoms with E-state index in [0.29, 0.717) is 16.6 Å². The highest BCUT2D eigenvalue weighted by atomic mass is 19.1. The molecule has 3 heterocycles. The molecule has 0 atom stereocenters. The summed E-state index contributed by atoms with van der Waals surface area (Å²) in [6.07, 6.45) is 3.47. The quantitative estimate of drug-likeness (QED) is 0.527. The molecule has 4 aromatic rings. The number of nitrogens with zero attached hydrogens (tertiary/aromatic N) is 3. The van der Waals surface area contributed by atoms with E-state index in [-0.39, 0.29) is 16.9 Å². The molecule has 0 unspecified atom stereocenters. The minimum absolute atomic E-state index is 0.0305. The molecule has 0 spiro atoms. The fourth-order valence-corrected chi connectivity index (χ4v) is 2.71. The highest BCUT2D eigenvalue weighted by molar-refractivity contribution is 5.93. The lowest BCUT2D eigenvalue weighted by atomic mass is 10.1. The summed E-state index contributed by atoms with van der Waals surface area (Å²) in [6, 6.07) is 6.25. The number of anilines is 1. The summed E-state index contributed by atoms with van der Waals surface area (Å²) in [7, 11) is 1.84. The molecule has 0 aliphatic heterocycles. The third-order valence-corrected chi connectivity index (χ3v) is 3.80. The highest BCUT2D eigenvalue weighted by Crippen LogP contribution is 2.27. The fourth-order valence-electron chi connectivity index (χ4n) is 2.71. The summed E-state index contributed by atoms with van der Waals surface area (Å²) in [5.74, 6) is -0.567. The molecular formula is C16H12FN5O. The molecule has 7 heteroatoms. The molecule has 0 fully saturated rings. The van der Waals surface area contributed by atoms with Gasteiger partial charge in [-0.25, -0.2) is 14.4 Å². The summed E-state index contributed by atoms with van der Waals surface area (Å²) in [6.45, 7) is 0. The standard InChI is InChI=1S/C16H12FN5O/c1-22-7-9(8-3-2-4-19-15(8)22)14-16(23)21-13-6-11(18)10(17)5-12(13)20-14/h2-7H,18H2,1H3,(H,21,23). The number of H-pyrrole nitrogens is 1. The predicted molar refractivity (Wildman–Crippen MR) is 86.4 cm³/mol. The van der Waals surface area contributed by atoms with Crippen LogP contribution in [0.3, 0.4) is 0 Å². The first-order valence-corrected chi connectivity index (χ1v) is 6.94. The minimum Gasteiger partial charge on any atom is -0.396 e. The van der Waals surface area contributed by atoms with Crippen molar-refractivity contribution in [1.82, 2.24) is 19.5 Å².